The van der Waals surface area contributed by atoms with Gasteiger partial charge in [-0.1, -0.05) is 26.2 Å². The van der Waals surface area contributed by atoms with Gasteiger partial charge in [-0.2, -0.15) is 0 Å². The van der Waals surface area contributed by atoms with Crippen molar-refractivity contribution in [2.24, 2.45) is 5.73 Å². The summed E-state index contributed by atoms with van der Waals surface area (Å²) in [6.45, 7) is 5.89. The molecule has 1 saturated carbocycles. The van der Waals surface area contributed by atoms with Crippen LogP contribution < -0.4 is 5.73 Å². The molecule has 1 aliphatic carbocycles. The summed E-state index contributed by atoms with van der Waals surface area (Å²) in [5, 5.41) is 9.69. The van der Waals surface area contributed by atoms with Crippen LogP contribution in [0, 0.1) is 0 Å². The molecule has 5 nitrogen and oxygen atoms in total. The molecule has 0 radical (unpaired) electrons. The van der Waals surface area contributed by atoms with Crippen molar-refractivity contribution in [2.75, 3.05) is 32.7 Å². The monoisotopic (exact) mass is 283 g/mol. The molecule has 1 unspecified atom stereocenters. The fourth-order valence-electron chi connectivity index (χ4n) is 3.27. The predicted octanol–water partition coefficient (Wildman–Crippen LogP) is 0.563. The Morgan fingerprint density at radius 3 is 2.35 bits per heavy atom. The second-order valence-electron chi connectivity index (χ2n) is 6.37. The topological polar surface area (TPSA) is 69.8 Å². The molecule has 0 aromatic carbocycles. The highest BCUT2D eigenvalue weighted by Crippen LogP contribution is 2.28. The summed E-state index contributed by atoms with van der Waals surface area (Å²) < 4.78 is 0. The summed E-state index contributed by atoms with van der Waals surface area (Å²) >= 11 is 0. The van der Waals surface area contributed by atoms with Crippen molar-refractivity contribution in [2.45, 2.75) is 57.1 Å². The molecule has 1 atom stereocenters. The van der Waals surface area contributed by atoms with Crippen LogP contribution in [0.5, 0.6) is 0 Å². The number of carbonyl (C=O) groups is 1. The molecule has 1 saturated heterocycles. The van der Waals surface area contributed by atoms with E-state index in [0.29, 0.717) is 6.54 Å². The molecule has 1 aliphatic heterocycles. The molecule has 5 heteroatoms. The SMILES string of the molecule is CCC(O)CN1CCN(C(=O)C2(N)CCCCC2)CC1. The Balaban J connectivity index is 1.82. The first-order valence-corrected chi connectivity index (χ1v) is 8.04. The zero-order valence-electron chi connectivity index (χ0n) is 12.7. The zero-order valence-corrected chi connectivity index (χ0v) is 12.7. The van der Waals surface area contributed by atoms with Crippen LogP contribution in [0.25, 0.3) is 0 Å². The van der Waals surface area contributed by atoms with Gasteiger partial charge in [-0.25, -0.2) is 0 Å². The average molecular weight is 283 g/mol. The van der Waals surface area contributed by atoms with E-state index < -0.39 is 5.54 Å². The molecule has 2 rings (SSSR count). The van der Waals surface area contributed by atoms with Crippen LogP contribution in [0.1, 0.15) is 45.4 Å². The van der Waals surface area contributed by atoms with Gasteiger partial charge in [0.25, 0.3) is 0 Å². The van der Waals surface area contributed by atoms with Gasteiger partial charge >= 0.3 is 0 Å². The summed E-state index contributed by atoms with van der Waals surface area (Å²) in [6.07, 6.45) is 5.55. The zero-order chi connectivity index (χ0) is 14.6. The van der Waals surface area contributed by atoms with Crippen LogP contribution >= 0.6 is 0 Å². The third kappa shape index (κ3) is 3.71. The lowest BCUT2D eigenvalue weighted by Gasteiger charge is -2.41. The normalized spacial score (nSPS) is 25.4. The number of nitrogens with two attached hydrogens (primary N) is 1. The number of β-amino-alcohol motifs (C(OH)–C–C–N with tert-alkyl or cyclic N) is 1. The van der Waals surface area contributed by atoms with Crippen molar-refractivity contribution < 1.29 is 9.90 Å². The Kier molecular flexibility index (Phi) is 5.41. The third-order valence-electron chi connectivity index (χ3n) is 4.77. The maximum Gasteiger partial charge on any atom is 0.242 e. The molecule has 2 fully saturated rings. The van der Waals surface area contributed by atoms with E-state index in [1.165, 1.54) is 6.42 Å². The molecule has 0 spiro atoms. The second kappa shape index (κ2) is 6.87. The quantitative estimate of drug-likeness (QED) is 0.791. The summed E-state index contributed by atoms with van der Waals surface area (Å²) in [7, 11) is 0. The Hall–Kier alpha value is -0.650. The molecular formula is C15H29N3O2. The number of hydrogen-bond donors (Lipinski definition) is 2. The van der Waals surface area contributed by atoms with Gasteiger partial charge in [0.1, 0.15) is 0 Å². The van der Waals surface area contributed by atoms with E-state index in [4.69, 9.17) is 5.73 Å². The minimum atomic E-state index is -0.608. The van der Waals surface area contributed by atoms with E-state index >= 15 is 0 Å². The summed E-state index contributed by atoms with van der Waals surface area (Å²) in [6, 6.07) is 0. The molecule has 0 aromatic heterocycles. The average Bonchev–Trinajstić information content (AvgIpc) is 2.48. The van der Waals surface area contributed by atoms with Crippen LogP contribution in [0.2, 0.25) is 0 Å². The highest BCUT2D eigenvalue weighted by Gasteiger charge is 2.39. The molecule has 0 aromatic rings. The number of amides is 1. The predicted molar refractivity (Wildman–Crippen MR) is 79.3 cm³/mol. The van der Waals surface area contributed by atoms with Crippen molar-refractivity contribution in [1.82, 2.24) is 9.80 Å². The number of rotatable bonds is 4. The Labute approximate surface area is 122 Å². The van der Waals surface area contributed by atoms with Crippen LogP contribution in [-0.2, 0) is 4.79 Å². The van der Waals surface area contributed by atoms with E-state index in [-0.39, 0.29) is 12.0 Å². The second-order valence-corrected chi connectivity index (χ2v) is 6.37. The van der Waals surface area contributed by atoms with Gasteiger partial charge in [0, 0.05) is 32.7 Å². The number of nitrogens with zero attached hydrogens (tertiary/aromatic N) is 2. The third-order valence-corrected chi connectivity index (χ3v) is 4.77. The lowest BCUT2D eigenvalue weighted by atomic mass is 9.81. The van der Waals surface area contributed by atoms with Crippen molar-refractivity contribution in [1.29, 1.82) is 0 Å². The fourth-order valence-corrected chi connectivity index (χ4v) is 3.27. The molecule has 0 bridgehead atoms. The van der Waals surface area contributed by atoms with Gasteiger partial charge in [0.15, 0.2) is 0 Å². The minimum absolute atomic E-state index is 0.146. The number of carbonyl (C=O) groups excluding carboxylic acids is 1. The van der Waals surface area contributed by atoms with E-state index in [2.05, 4.69) is 4.90 Å². The maximum atomic E-state index is 12.6. The number of aliphatic hydroxyl groups excluding tert-OH is 1. The van der Waals surface area contributed by atoms with Gasteiger partial charge in [0.05, 0.1) is 11.6 Å². The van der Waals surface area contributed by atoms with E-state index in [1.54, 1.807) is 0 Å². The standard InChI is InChI=1S/C15H29N3O2/c1-2-13(19)12-17-8-10-18(11-9-17)14(20)15(16)6-4-3-5-7-15/h13,19H,2-12,16H2,1H3. The fraction of sp³-hybridized carbons (Fsp3) is 0.933. The molecule has 1 heterocycles. The van der Waals surface area contributed by atoms with Crippen LogP contribution in [0.4, 0.5) is 0 Å². The molecule has 3 N–H and O–H groups in total. The van der Waals surface area contributed by atoms with Crippen molar-refractivity contribution in [3.05, 3.63) is 0 Å². The summed E-state index contributed by atoms with van der Waals surface area (Å²) in [5.74, 6) is 0.146. The molecule has 2 aliphatic rings. The molecular weight excluding hydrogens is 254 g/mol. The highest BCUT2D eigenvalue weighted by atomic mass is 16.3. The maximum absolute atomic E-state index is 12.6. The first kappa shape index (κ1) is 15.7. The largest absolute Gasteiger partial charge is 0.392 e. The first-order chi connectivity index (χ1) is 9.55. The number of piperazine rings is 1. The van der Waals surface area contributed by atoms with Crippen molar-refractivity contribution in [3.8, 4) is 0 Å². The molecule has 116 valence electrons. The van der Waals surface area contributed by atoms with Crippen molar-refractivity contribution in [3.63, 3.8) is 0 Å². The first-order valence-electron chi connectivity index (χ1n) is 8.04. The molecule has 20 heavy (non-hydrogen) atoms. The van der Waals surface area contributed by atoms with E-state index in [9.17, 15) is 9.90 Å². The van der Waals surface area contributed by atoms with Gasteiger partial charge in [-0.05, 0) is 19.3 Å². The Morgan fingerprint density at radius 2 is 1.80 bits per heavy atom. The number of aliphatic hydroxyl groups is 1. The smallest absolute Gasteiger partial charge is 0.242 e. The molecule has 1 amide bonds. The van der Waals surface area contributed by atoms with Gasteiger partial charge in [0.2, 0.25) is 5.91 Å². The van der Waals surface area contributed by atoms with E-state index in [0.717, 1.165) is 58.3 Å². The van der Waals surface area contributed by atoms with E-state index in [1.807, 2.05) is 11.8 Å². The van der Waals surface area contributed by atoms with Crippen LogP contribution in [0.15, 0.2) is 0 Å². The lowest BCUT2D eigenvalue weighted by Crippen LogP contribution is -2.60. The summed E-state index contributed by atoms with van der Waals surface area (Å²) in [4.78, 5) is 16.8. The number of hydrogen-bond acceptors (Lipinski definition) is 4. The Morgan fingerprint density at radius 1 is 1.20 bits per heavy atom. The Bertz CT molecular complexity index is 321. The van der Waals surface area contributed by atoms with Crippen molar-refractivity contribution >= 4 is 5.91 Å². The van der Waals surface area contributed by atoms with Crippen LogP contribution in [-0.4, -0.2) is 65.2 Å². The van der Waals surface area contributed by atoms with Gasteiger partial charge < -0.3 is 15.7 Å². The lowest BCUT2D eigenvalue weighted by molar-refractivity contribution is -0.140. The van der Waals surface area contributed by atoms with Crippen LogP contribution in [0.3, 0.4) is 0 Å². The van der Waals surface area contributed by atoms with Gasteiger partial charge in [-0.15, -0.1) is 0 Å². The van der Waals surface area contributed by atoms with Gasteiger partial charge in [-0.3, -0.25) is 9.69 Å². The summed E-state index contributed by atoms with van der Waals surface area (Å²) in [5.41, 5.74) is 5.72. The highest BCUT2D eigenvalue weighted by molar-refractivity contribution is 5.86. The minimum Gasteiger partial charge on any atom is -0.392 e.